The lowest BCUT2D eigenvalue weighted by Gasteiger charge is -2.18. The van der Waals surface area contributed by atoms with Crippen molar-refractivity contribution in [2.24, 2.45) is 5.73 Å². The molecule has 0 amide bonds. The number of carbonyl (C=O) groups is 2. The van der Waals surface area contributed by atoms with E-state index in [1.54, 1.807) is 6.92 Å². The summed E-state index contributed by atoms with van der Waals surface area (Å²) in [7, 11) is 1.22. The summed E-state index contributed by atoms with van der Waals surface area (Å²) in [6.07, 6.45) is 1.65. The summed E-state index contributed by atoms with van der Waals surface area (Å²) in [6, 6.07) is 0. The topological polar surface area (TPSA) is 69.4 Å². The molecule has 0 fully saturated rings. The minimum absolute atomic E-state index is 0.262. The van der Waals surface area contributed by atoms with Crippen LogP contribution in [0.1, 0.15) is 13.3 Å². The molecule has 2 N–H and O–H groups in total. The van der Waals surface area contributed by atoms with Gasteiger partial charge >= 0.3 is 5.97 Å². The van der Waals surface area contributed by atoms with Gasteiger partial charge in [0.2, 0.25) is 0 Å². The van der Waals surface area contributed by atoms with Crippen LogP contribution >= 0.6 is 0 Å². The second-order valence-corrected chi connectivity index (χ2v) is 2.99. The van der Waals surface area contributed by atoms with Crippen molar-refractivity contribution in [3.8, 4) is 0 Å². The second-order valence-electron chi connectivity index (χ2n) is 2.99. The lowest BCUT2D eigenvalue weighted by molar-refractivity contribution is -0.149. The molecule has 1 rings (SSSR count). The first-order chi connectivity index (χ1) is 5.50. The van der Waals surface area contributed by atoms with E-state index in [0.29, 0.717) is 0 Å². The molecule has 0 radical (unpaired) electrons. The van der Waals surface area contributed by atoms with Crippen molar-refractivity contribution in [3.05, 3.63) is 11.6 Å². The van der Waals surface area contributed by atoms with Gasteiger partial charge in [-0.05, 0) is 13.0 Å². The van der Waals surface area contributed by atoms with Gasteiger partial charge in [0.15, 0.2) is 11.3 Å². The second kappa shape index (κ2) is 2.71. The third-order valence-electron chi connectivity index (χ3n) is 1.92. The van der Waals surface area contributed by atoms with Crippen LogP contribution in [-0.2, 0) is 14.3 Å². The first-order valence-corrected chi connectivity index (χ1v) is 3.59. The highest BCUT2D eigenvalue weighted by molar-refractivity contribution is 6.15. The lowest BCUT2D eigenvalue weighted by Crippen LogP contribution is -2.52. The molecule has 0 aromatic carbocycles. The van der Waals surface area contributed by atoms with Gasteiger partial charge < -0.3 is 10.5 Å². The van der Waals surface area contributed by atoms with Crippen LogP contribution in [0.4, 0.5) is 0 Å². The molecule has 0 heterocycles. The average molecular weight is 169 g/mol. The number of nitrogens with two attached hydrogens (primary N) is 1. The molecule has 66 valence electrons. The van der Waals surface area contributed by atoms with Gasteiger partial charge in [0, 0.05) is 6.42 Å². The highest BCUT2D eigenvalue weighted by Gasteiger charge is 2.45. The maximum absolute atomic E-state index is 11.2. The number of hydrogen-bond acceptors (Lipinski definition) is 4. The average Bonchev–Trinajstić information content (AvgIpc) is 2.26. The van der Waals surface area contributed by atoms with Gasteiger partial charge in [0.25, 0.3) is 0 Å². The van der Waals surface area contributed by atoms with Gasteiger partial charge in [-0.2, -0.15) is 0 Å². The summed E-state index contributed by atoms with van der Waals surface area (Å²) in [5, 5.41) is 0. The molecule has 4 heteroatoms. The molecule has 1 aliphatic carbocycles. The molecular weight excluding hydrogens is 158 g/mol. The van der Waals surface area contributed by atoms with E-state index in [0.717, 1.165) is 5.57 Å². The Hall–Kier alpha value is -1.16. The smallest absolute Gasteiger partial charge is 0.334 e. The molecule has 0 saturated heterocycles. The van der Waals surface area contributed by atoms with E-state index in [4.69, 9.17) is 5.73 Å². The maximum Gasteiger partial charge on any atom is 0.334 e. The van der Waals surface area contributed by atoms with Crippen molar-refractivity contribution in [1.82, 2.24) is 0 Å². The summed E-state index contributed by atoms with van der Waals surface area (Å²) in [5.74, 6) is -1.03. The third kappa shape index (κ3) is 1.14. The Morgan fingerprint density at radius 2 is 2.33 bits per heavy atom. The van der Waals surface area contributed by atoms with E-state index in [1.165, 1.54) is 13.2 Å². The minimum Gasteiger partial charge on any atom is -0.467 e. The van der Waals surface area contributed by atoms with E-state index >= 15 is 0 Å². The van der Waals surface area contributed by atoms with Crippen LogP contribution in [-0.4, -0.2) is 24.4 Å². The lowest BCUT2D eigenvalue weighted by atomic mass is 9.96. The monoisotopic (exact) mass is 169 g/mol. The fourth-order valence-electron chi connectivity index (χ4n) is 1.29. The molecular formula is C8H11NO3. The maximum atomic E-state index is 11.2. The van der Waals surface area contributed by atoms with Gasteiger partial charge in [-0.1, -0.05) is 5.57 Å². The summed E-state index contributed by atoms with van der Waals surface area (Å²) in [6.45, 7) is 1.76. The minimum atomic E-state index is -1.46. The Balaban J connectivity index is 2.90. The molecule has 12 heavy (non-hydrogen) atoms. The molecule has 4 nitrogen and oxygen atoms in total. The number of methoxy groups -OCH3 is 1. The molecule has 0 aliphatic heterocycles. The van der Waals surface area contributed by atoms with Gasteiger partial charge in [-0.15, -0.1) is 0 Å². The van der Waals surface area contributed by atoms with Gasteiger partial charge in [-0.3, -0.25) is 4.79 Å². The zero-order valence-corrected chi connectivity index (χ0v) is 7.09. The predicted molar refractivity (Wildman–Crippen MR) is 42.3 cm³/mol. The first-order valence-electron chi connectivity index (χ1n) is 3.59. The Bertz CT molecular complexity index is 269. The van der Waals surface area contributed by atoms with Gasteiger partial charge in [0.1, 0.15) is 0 Å². The predicted octanol–water partition coefficient (Wildman–Crippen LogP) is -0.224. The Kier molecular flexibility index (Phi) is 2.02. The molecule has 1 unspecified atom stereocenters. The van der Waals surface area contributed by atoms with Crippen molar-refractivity contribution in [2.75, 3.05) is 7.11 Å². The van der Waals surface area contributed by atoms with E-state index in [1.807, 2.05) is 0 Å². The Labute approximate surface area is 70.4 Å². The van der Waals surface area contributed by atoms with Gasteiger partial charge in [-0.25, -0.2) is 4.79 Å². The SMILES string of the molecule is COC(=O)C1(N)CC(C)=CC1=O. The fourth-order valence-corrected chi connectivity index (χ4v) is 1.29. The van der Waals surface area contributed by atoms with E-state index in [-0.39, 0.29) is 12.2 Å². The largest absolute Gasteiger partial charge is 0.467 e. The molecule has 0 aromatic heterocycles. The molecule has 0 spiro atoms. The van der Waals surface area contributed by atoms with E-state index in [2.05, 4.69) is 4.74 Å². The van der Waals surface area contributed by atoms with E-state index < -0.39 is 11.5 Å². The van der Waals surface area contributed by atoms with Crippen molar-refractivity contribution in [2.45, 2.75) is 18.9 Å². The summed E-state index contributed by atoms with van der Waals surface area (Å²) in [5.41, 5.74) is 4.92. The quantitative estimate of drug-likeness (QED) is 0.435. The van der Waals surface area contributed by atoms with Crippen LogP contribution in [0.15, 0.2) is 11.6 Å². The Morgan fingerprint density at radius 3 is 2.67 bits per heavy atom. The number of esters is 1. The fraction of sp³-hybridized carbons (Fsp3) is 0.500. The standard InChI is InChI=1S/C8H11NO3/c1-5-3-6(10)8(9,4-5)7(11)12-2/h3H,4,9H2,1-2H3. The summed E-state index contributed by atoms with van der Waals surface area (Å²) >= 11 is 0. The van der Waals surface area contributed by atoms with Crippen LogP contribution in [0, 0.1) is 0 Å². The van der Waals surface area contributed by atoms with Crippen LogP contribution in [0.3, 0.4) is 0 Å². The zero-order chi connectivity index (χ0) is 9.35. The summed E-state index contributed by atoms with van der Waals surface area (Å²) < 4.78 is 4.44. The molecule has 1 atom stereocenters. The van der Waals surface area contributed by atoms with Gasteiger partial charge in [0.05, 0.1) is 7.11 Å². The first kappa shape index (κ1) is 8.93. The molecule has 0 aromatic rings. The highest BCUT2D eigenvalue weighted by Crippen LogP contribution is 2.24. The van der Waals surface area contributed by atoms with Crippen LogP contribution in [0.5, 0.6) is 0 Å². The van der Waals surface area contributed by atoms with Crippen LogP contribution in [0.25, 0.3) is 0 Å². The number of ether oxygens (including phenoxy) is 1. The zero-order valence-electron chi connectivity index (χ0n) is 7.09. The number of rotatable bonds is 1. The third-order valence-corrected chi connectivity index (χ3v) is 1.92. The molecule has 0 bridgehead atoms. The van der Waals surface area contributed by atoms with Crippen molar-refractivity contribution < 1.29 is 14.3 Å². The highest BCUT2D eigenvalue weighted by atomic mass is 16.5. The van der Waals surface area contributed by atoms with Crippen molar-refractivity contribution in [3.63, 3.8) is 0 Å². The van der Waals surface area contributed by atoms with Crippen LogP contribution < -0.4 is 5.73 Å². The van der Waals surface area contributed by atoms with Crippen LogP contribution in [0.2, 0.25) is 0 Å². The number of carbonyl (C=O) groups excluding carboxylic acids is 2. The van der Waals surface area contributed by atoms with E-state index in [9.17, 15) is 9.59 Å². The van der Waals surface area contributed by atoms with Crippen molar-refractivity contribution >= 4 is 11.8 Å². The number of hydrogen-bond donors (Lipinski definition) is 1. The normalized spacial score (nSPS) is 28.6. The molecule has 1 aliphatic rings. The van der Waals surface area contributed by atoms with Crippen molar-refractivity contribution in [1.29, 1.82) is 0 Å². The Morgan fingerprint density at radius 1 is 1.75 bits per heavy atom. The molecule has 0 saturated carbocycles. The summed E-state index contributed by atoms with van der Waals surface area (Å²) in [4.78, 5) is 22.3. The number of ketones is 1.